The summed E-state index contributed by atoms with van der Waals surface area (Å²) in [5.74, 6) is 1.54. The number of fused-ring (bicyclic) bond motifs is 1. The molecule has 0 bridgehead atoms. The summed E-state index contributed by atoms with van der Waals surface area (Å²) in [5.41, 5.74) is 0. The highest BCUT2D eigenvalue weighted by atomic mass is 35.5. The van der Waals surface area contributed by atoms with Gasteiger partial charge in [0, 0.05) is 24.2 Å². The Morgan fingerprint density at radius 2 is 2.20 bits per heavy atom. The average molecular weight is 315 g/mol. The van der Waals surface area contributed by atoms with Crippen LogP contribution in [0.25, 0.3) is 0 Å². The summed E-state index contributed by atoms with van der Waals surface area (Å²) >= 11 is 12.0. The van der Waals surface area contributed by atoms with Gasteiger partial charge in [-0.2, -0.15) is 0 Å². The normalized spacial score (nSPS) is 26.5. The minimum absolute atomic E-state index is 0.580. The lowest BCUT2D eigenvalue weighted by molar-refractivity contribution is 0.105. The van der Waals surface area contributed by atoms with Crippen LogP contribution in [0.3, 0.4) is 0 Å². The summed E-state index contributed by atoms with van der Waals surface area (Å²) in [7, 11) is 0. The van der Waals surface area contributed by atoms with Crippen LogP contribution in [0, 0.1) is 5.92 Å². The van der Waals surface area contributed by atoms with Gasteiger partial charge in [-0.3, -0.25) is 4.90 Å². The molecule has 1 aromatic carbocycles. The van der Waals surface area contributed by atoms with Gasteiger partial charge in [-0.1, -0.05) is 23.2 Å². The third-order valence-electron chi connectivity index (χ3n) is 4.32. The van der Waals surface area contributed by atoms with Crippen LogP contribution in [-0.2, 0) is 0 Å². The molecule has 2 atom stereocenters. The number of hydrogen-bond acceptors (Lipinski definition) is 3. The van der Waals surface area contributed by atoms with Crippen LogP contribution in [0.2, 0.25) is 10.0 Å². The van der Waals surface area contributed by atoms with Crippen molar-refractivity contribution in [2.75, 3.05) is 32.8 Å². The van der Waals surface area contributed by atoms with Crippen molar-refractivity contribution >= 4 is 23.2 Å². The fourth-order valence-corrected chi connectivity index (χ4v) is 3.77. The number of ether oxygens (including phenoxy) is 1. The number of nitrogens with zero attached hydrogens (tertiary/aromatic N) is 1. The molecule has 0 aliphatic carbocycles. The molecule has 0 spiro atoms. The van der Waals surface area contributed by atoms with Gasteiger partial charge in [-0.25, -0.2) is 0 Å². The molecule has 0 amide bonds. The Bertz CT molecular complexity index is 469. The number of benzene rings is 1. The average Bonchev–Trinajstić information content (AvgIpc) is 2.90. The molecule has 0 saturated carbocycles. The van der Waals surface area contributed by atoms with E-state index < -0.39 is 0 Å². The molecule has 0 aromatic heterocycles. The molecule has 2 aliphatic rings. The van der Waals surface area contributed by atoms with Crippen molar-refractivity contribution in [3.05, 3.63) is 28.2 Å². The fraction of sp³-hybridized carbons (Fsp3) is 0.600. The van der Waals surface area contributed by atoms with E-state index in [-0.39, 0.29) is 0 Å². The second-order valence-electron chi connectivity index (χ2n) is 5.59. The summed E-state index contributed by atoms with van der Waals surface area (Å²) in [5, 5.41) is 4.72. The van der Waals surface area contributed by atoms with Gasteiger partial charge >= 0.3 is 0 Å². The van der Waals surface area contributed by atoms with Crippen molar-refractivity contribution in [2.45, 2.75) is 18.9 Å². The highest BCUT2D eigenvalue weighted by molar-refractivity contribution is 6.35. The maximum absolute atomic E-state index is 6.11. The van der Waals surface area contributed by atoms with Crippen molar-refractivity contribution in [3.63, 3.8) is 0 Å². The van der Waals surface area contributed by atoms with E-state index >= 15 is 0 Å². The minimum atomic E-state index is 0.580. The predicted octanol–water partition coefficient (Wildman–Crippen LogP) is 3.06. The monoisotopic (exact) mass is 314 g/mol. The largest absolute Gasteiger partial charge is 0.491 e. The van der Waals surface area contributed by atoms with Crippen LogP contribution in [0.15, 0.2) is 18.2 Å². The molecule has 3 rings (SSSR count). The molecule has 5 heteroatoms. The molecule has 2 heterocycles. The van der Waals surface area contributed by atoms with Gasteiger partial charge in [-0.15, -0.1) is 0 Å². The van der Waals surface area contributed by atoms with Gasteiger partial charge in [0.05, 0.1) is 5.02 Å². The van der Waals surface area contributed by atoms with E-state index in [4.69, 9.17) is 27.9 Å². The summed E-state index contributed by atoms with van der Waals surface area (Å²) in [6, 6.07) is 6.05. The first-order valence-corrected chi connectivity index (χ1v) is 8.02. The number of halogens is 2. The van der Waals surface area contributed by atoms with Gasteiger partial charge in [0.25, 0.3) is 0 Å². The van der Waals surface area contributed by atoms with Crippen molar-refractivity contribution in [3.8, 4) is 5.75 Å². The quantitative estimate of drug-likeness (QED) is 0.924. The zero-order chi connectivity index (χ0) is 13.9. The highest BCUT2D eigenvalue weighted by Gasteiger charge is 2.34. The molecule has 110 valence electrons. The second-order valence-corrected chi connectivity index (χ2v) is 6.43. The lowest BCUT2D eigenvalue weighted by Crippen LogP contribution is -2.46. The Kier molecular flexibility index (Phi) is 4.72. The fourth-order valence-electron chi connectivity index (χ4n) is 3.31. The summed E-state index contributed by atoms with van der Waals surface area (Å²) in [6.45, 7) is 5.10. The first-order valence-electron chi connectivity index (χ1n) is 7.26. The van der Waals surface area contributed by atoms with Crippen LogP contribution in [0.1, 0.15) is 12.8 Å². The lowest BCUT2D eigenvalue weighted by Gasteiger charge is -2.36. The van der Waals surface area contributed by atoms with E-state index in [2.05, 4.69) is 10.2 Å². The van der Waals surface area contributed by atoms with E-state index in [0.29, 0.717) is 28.4 Å². The van der Waals surface area contributed by atoms with Gasteiger partial charge < -0.3 is 10.1 Å². The molecular formula is C15H20Cl2N2O. The van der Waals surface area contributed by atoms with Crippen molar-refractivity contribution in [2.24, 2.45) is 5.92 Å². The maximum atomic E-state index is 6.11. The van der Waals surface area contributed by atoms with E-state index in [1.807, 2.05) is 6.07 Å². The molecular weight excluding hydrogens is 295 g/mol. The summed E-state index contributed by atoms with van der Waals surface area (Å²) in [6.07, 6.45) is 2.66. The molecule has 20 heavy (non-hydrogen) atoms. The number of likely N-dealkylation sites (tertiary alicyclic amines) is 1. The second kappa shape index (κ2) is 6.52. The van der Waals surface area contributed by atoms with E-state index in [0.717, 1.165) is 19.0 Å². The summed E-state index contributed by atoms with van der Waals surface area (Å²) < 4.78 is 5.79. The van der Waals surface area contributed by atoms with Gasteiger partial charge in [0.2, 0.25) is 0 Å². The first kappa shape index (κ1) is 14.5. The van der Waals surface area contributed by atoms with E-state index in [9.17, 15) is 0 Å². The number of hydrogen-bond donors (Lipinski definition) is 1. The van der Waals surface area contributed by atoms with Crippen LogP contribution in [0.4, 0.5) is 0 Å². The number of rotatable bonds is 4. The number of piperidine rings is 1. The van der Waals surface area contributed by atoms with Crippen LogP contribution in [-0.4, -0.2) is 43.7 Å². The smallest absolute Gasteiger partial charge is 0.138 e. The topological polar surface area (TPSA) is 24.5 Å². The molecule has 2 unspecified atom stereocenters. The Balaban J connectivity index is 1.52. The Labute approximate surface area is 130 Å². The van der Waals surface area contributed by atoms with Crippen molar-refractivity contribution < 1.29 is 4.74 Å². The Morgan fingerprint density at radius 3 is 3.05 bits per heavy atom. The van der Waals surface area contributed by atoms with Crippen molar-refractivity contribution in [1.82, 2.24) is 10.2 Å². The van der Waals surface area contributed by atoms with Crippen LogP contribution in [0.5, 0.6) is 5.75 Å². The lowest BCUT2D eigenvalue weighted by atomic mass is 9.92. The third-order valence-corrected chi connectivity index (χ3v) is 4.85. The third kappa shape index (κ3) is 3.22. The SMILES string of the molecule is Clc1ccc(OCCN2CCCC3CNCC32)c(Cl)c1. The molecule has 2 aliphatic heterocycles. The number of nitrogens with one attached hydrogen (secondary N) is 1. The van der Waals surface area contributed by atoms with Gasteiger partial charge in [0.15, 0.2) is 0 Å². The first-order chi connectivity index (χ1) is 9.74. The summed E-state index contributed by atoms with van der Waals surface area (Å²) in [4.78, 5) is 2.55. The van der Waals surface area contributed by atoms with Gasteiger partial charge in [-0.05, 0) is 50.0 Å². The molecule has 2 saturated heterocycles. The van der Waals surface area contributed by atoms with E-state index in [1.54, 1.807) is 12.1 Å². The molecule has 2 fully saturated rings. The van der Waals surface area contributed by atoms with Gasteiger partial charge in [0.1, 0.15) is 12.4 Å². The molecule has 1 aromatic rings. The highest BCUT2D eigenvalue weighted by Crippen LogP contribution is 2.28. The predicted molar refractivity (Wildman–Crippen MR) is 82.9 cm³/mol. The van der Waals surface area contributed by atoms with Crippen LogP contribution < -0.4 is 10.1 Å². The standard InChI is InChI=1S/C15H20Cl2N2O/c16-12-3-4-15(13(17)8-12)20-7-6-19-5-1-2-11-9-18-10-14(11)19/h3-4,8,11,14,18H,1-2,5-7,9-10H2. The Morgan fingerprint density at radius 1 is 1.30 bits per heavy atom. The zero-order valence-electron chi connectivity index (χ0n) is 11.4. The molecule has 3 nitrogen and oxygen atoms in total. The van der Waals surface area contributed by atoms with E-state index in [1.165, 1.54) is 25.9 Å². The molecule has 0 radical (unpaired) electrons. The molecule has 1 N–H and O–H groups in total. The van der Waals surface area contributed by atoms with Crippen LogP contribution >= 0.6 is 23.2 Å². The minimum Gasteiger partial charge on any atom is -0.491 e. The maximum Gasteiger partial charge on any atom is 0.138 e. The zero-order valence-corrected chi connectivity index (χ0v) is 13.0. The van der Waals surface area contributed by atoms with Crippen molar-refractivity contribution in [1.29, 1.82) is 0 Å². The Hall–Kier alpha value is -0.480.